The molecule has 0 saturated carbocycles. The first-order valence-electron chi connectivity index (χ1n) is 8.94. The van der Waals surface area contributed by atoms with Gasteiger partial charge in [-0.2, -0.15) is 0 Å². The van der Waals surface area contributed by atoms with Crippen molar-refractivity contribution in [2.45, 2.75) is 46.6 Å². The van der Waals surface area contributed by atoms with Gasteiger partial charge in [-0.1, -0.05) is 12.1 Å². The Morgan fingerprint density at radius 3 is 2.39 bits per heavy atom. The van der Waals surface area contributed by atoms with Crippen LogP contribution in [0.2, 0.25) is 0 Å². The highest BCUT2D eigenvalue weighted by atomic mass is 19.3. The molecular weight excluding hydrogens is 366 g/mol. The van der Waals surface area contributed by atoms with Crippen LogP contribution in [-0.2, 0) is 11.2 Å². The Kier molecular flexibility index (Phi) is 7.20. The third-order valence-electron chi connectivity index (χ3n) is 4.19. The summed E-state index contributed by atoms with van der Waals surface area (Å²) in [6, 6.07) is 6.50. The lowest BCUT2D eigenvalue weighted by Gasteiger charge is -2.19. The predicted octanol–water partition coefficient (Wildman–Crippen LogP) is 3.96. The van der Waals surface area contributed by atoms with E-state index >= 15 is 0 Å². The summed E-state index contributed by atoms with van der Waals surface area (Å²) in [6.45, 7) is 6.21. The first kappa shape index (κ1) is 21.5. The first-order valence-corrected chi connectivity index (χ1v) is 8.94. The van der Waals surface area contributed by atoms with Crippen molar-refractivity contribution in [3.8, 4) is 5.75 Å². The standard InChI is InChI=1S/C21H24F2N2O3/c1-12-7-17(8-13(2)20(12)28-11-19(22)23)15(4)25-21(27)16-5-6-24-18(10-16)9-14(3)26/h5-8,10,15,19H,9,11H2,1-4H3,(H,25,27). The van der Waals surface area contributed by atoms with E-state index in [-0.39, 0.29) is 24.2 Å². The third kappa shape index (κ3) is 5.84. The molecule has 1 N–H and O–H groups in total. The summed E-state index contributed by atoms with van der Waals surface area (Å²) in [5.74, 6) is 0.122. The van der Waals surface area contributed by atoms with Crippen LogP contribution in [0.15, 0.2) is 30.5 Å². The SMILES string of the molecule is CC(=O)Cc1cc(C(=O)NC(C)c2cc(C)c(OCC(F)F)c(C)c2)ccn1. The van der Waals surface area contributed by atoms with Gasteiger partial charge in [-0.15, -0.1) is 0 Å². The maximum atomic E-state index is 12.5. The second kappa shape index (κ2) is 9.39. The summed E-state index contributed by atoms with van der Waals surface area (Å²) in [6.07, 6.45) is -0.860. The van der Waals surface area contributed by atoms with E-state index in [0.717, 1.165) is 16.7 Å². The molecule has 0 bridgehead atoms. The van der Waals surface area contributed by atoms with E-state index in [0.29, 0.717) is 17.0 Å². The maximum Gasteiger partial charge on any atom is 0.272 e. The van der Waals surface area contributed by atoms with Crippen molar-refractivity contribution < 1.29 is 23.1 Å². The molecule has 2 aromatic rings. The Balaban J connectivity index is 2.13. The van der Waals surface area contributed by atoms with Gasteiger partial charge < -0.3 is 10.1 Å². The van der Waals surface area contributed by atoms with Gasteiger partial charge in [0.15, 0.2) is 0 Å². The van der Waals surface area contributed by atoms with Crippen LogP contribution in [0.1, 0.15) is 52.6 Å². The molecule has 0 aliphatic carbocycles. The van der Waals surface area contributed by atoms with Crippen LogP contribution in [0, 0.1) is 13.8 Å². The monoisotopic (exact) mass is 390 g/mol. The number of amides is 1. The zero-order chi connectivity index (χ0) is 20.8. The van der Waals surface area contributed by atoms with Gasteiger partial charge in [0, 0.05) is 23.9 Å². The Bertz CT molecular complexity index is 845. The molecule has 1 aromatic heterocycles. The van der Waals surface area contributed by atoms with Gasteiger partial charge in [0.05, 0.1) is 6.04 Å². The minimum absolute atomic E-state index is 0.0291. The molecule has 1 unspecified atom stereocenters. The number of ketones is 1. The lowest BCUT2D eigenvalue weighted by atomic mass is 10.0. The lowest BCUT2D eigenvalue weighted by molar-refractivity contribution is -0.116. The lowest BCUT2D eigenvalue weighted by Crippen LogP contribution is -2.27. The molecule has 28 heavy (non-hydrogen) atoms. The zero-order valence-electron chi connectivity index (χ0n) is 16.4. The van der Waals surface area contributed by atoms with E-state index in [1.807, 2.05) is 19.1 Å². The molecule has 1 heterocycles. The second-order valence-electron chi connectivity index (χ2n) is 6.80. The quantitative estimate of drug-likeness (QED) is 0.741. The fourth-order valence-corrected chi connectivity index (χ4v) is 2.94. The molecule has 0 radical (unpaired) electrons. The van der Waals surface area contributed by atoms with E-state index in [1.54, 1.807) is 26.0 Å². The number of ether oxygens (including phenoxy) is 1. The van der Waals surface area contributed by atoms with Crippen LogP contribution in [0.3, 0.4) is 0 Å². The number of alkyl halides is 2. The fourth-order valence-electron chi connectivity index (χ4n) is 2.94. The van der Waals surface area contributed by atoms with E-state index < -0.39 is 13.0 Å². The molecule has 0 saturated heterocycles. The molecule has 0 aliphatic rings. The number of halogens is 2. The molecule has 0 spiro atoms. The number of pyridine rings is 1. The van der Waals surface area contributed by atoms with Gasteiger partial charge in [-0.05, 0) is 56.5 Å². The molecule has 0 fully saturated rings. The number of hydrogen-bond acceptors (Lipinski definition) is 4. The van der Waals surface area contributed by atoms with Crippen molar-refractivity contribution in [2.24, 2.45) is 0 Å². The molecule has 150 valence electrons. The fraction of sp³-hybridized carbons (Fsp3) is 0.381. The minimum atomic E-state index is -2.54. The summed E-state index contributed by atoms with van der Waals surface area (Å²) >= 11 is 0. The molecule has 0 aliphatic heterocycles. The first-order chi connectivity index (χ1) is 13.2. The van der Waals surface area contributed by atoms with Crippen LogP contribution in [0.4, 0.5) is 8.78 Å². The topological polar surface area (TPSA) is 68.3 Å². The van der Waals surface area contributed by atoms with Crippen molar-refractivity contribution in [1.82, 2.24) is 10.3 Å². The molecule has 1 aromatic carbocycles. The van der Waals surface area contributed by atoms with E-state index in [4.69, 9.17) is 4.74 Å². The molecule has 1 amide bonds. The zero-order valence-corrected chi connectivity index (χ0v) is 16.4. The average molecular weight is 390 g/mol. The van der Waals surface area contributed by atoms with E-state index in [9.17, 15) is 18.4 Å². The van der Waals surface area contributed by atoms with Gasteiger partial charge in [0.2, 0.25) is 0 Å². The predicted molar refractivity (Wildman–Crippen MR) is 102 cm³/mol. The number of hydrogen-bond donors (Lipinski definition) is 1. The number of nitrogens with zero attached hydrogens (tertiary/aromatic N) is 1. The van der Waals surface area contributed by atoms with E-state index in [2.05, 4.69) is 10.3 Å². The Morgan fingerprint density at radius 1 is 1.18 bits per heavy atom. The van der Waals surface area contributed by atoms with Crippen LogP contribution in [0.5, 0.6) is 5.75 Å². The largest absolute Gasteiger partial charge is 0.487 e. The molecule has 2 rings (SSSR count). The Morgan fingerprint density at radius 2 is 1.82 bits per heavy atom. The minimum Gasteiger partial charge on any atom is -0.487 e. The third-order valence-corrected chi connectivity index (χ3v) is 4.19. The summed E-state index contributed by atoms with van der Waals surface area (Å²) in [5.41, 5.74) is 3.25. The molecular formula is C21H24F2N2O3. The Labute approximate surface area is 163 Å². The van der Waals surface area contributed by atoms with Crippen molar-refractivity contribution in [2.75, 3.05) is 6.61 Å². The highest BCUT2D eigenvalue weighted by Crippen LogP contribution is 2.28. The molecule has 7 heteroatoms. The summed E-state index contributed by atoms with van der Waals surface area (Å²) in [4.78, 5) is 27.9. The van der Waals surface area contributed by atoms with Crippen molar-refractivity contribution in [3.05, 3.63) is 58.4 Å². The smallest absolute Gasteiger partial charge is 0.272 e. The van der Waals surface area contributed by atoms with Gasteiger partial charge >= 0.3 is 0 Å². The van der Waals surface area contributed by atoms with Gasteiger partial charge in [0.25, 0.3) is 12.3 Å². The molecule has 1 atom stereocenters. The number of Topliss-reactive ketones (excluding diaryl/α,β-unsaturated/α-hetero) is 1. The summed E-state index contributed by atoms with van der Waals surface area (Å²) in [7, 11) is 0. The van der Waals surface area contributed by atoms with Gasteiger partial charge in [0.1, 0.15) is 18.1 Å². The highest BCUT2D eigenvalue weighted by molar-refractivity contribution is 5.94. The molecule has 5 nitrogen and oxygen atoms in total. The average Bonchev–Trinajstić information content (AvgIpc) is 2.60. The number of benzene rings is 1. The van der Waals surface area contributed by atoms with Crippen molar-refractivity contribution in [3.63, 3.8) is 0 Å². The van der Waals surface area contributed by atoms with Crippen LogP contribution in [0.25, 0.3) is 0 Å². The second-order valence-corrected chi connectivity index (χ2v) is 6.80. The number of nitrogens with one attached hydrogen (secondary N) is 1. The number of carbonyl (C=O) groups is 2. The normalized spacial score (nSPS) is 12.0. The highest BCUT2D eigenvalue weighted by Gasteiger charge is 2.16. The van der Waals surface area contributed by atoms with Crippen molar-refractivity contribution >= 4 is 11.7 Å². The van der Waals surface area contributed by atoms with E-state index in [1.165, 1.54) is 13.1 Å². The number of carbonyl (C=O) groups excluding carboxylic acids is 2. The van der Waals surface area contributed by atoms with Crippen LogP contribution >= 0.6 is 0 Å². The summed E-state index contributed by atoms with van der Waals surface area (Å²) in [5, 5.41) is 2.90. The summed E-state index contributed by atoms with van der Waals surface area (Å²) < 4.78 is 30.0. The van der Waals surface area contributed by atoms with Crippen LogP contribution < -0.4 is 10.1 Å². The number of rotatable bonds is 8. The van der Waals surface area contributed by atoms with Crippen LogP contribution in [-0.4, -0.2) is 29.7 Å². The van der Waals surface area contributed by atoms with Gasteiger partial charge in [-0.3, -0.25) is 14.6 Å². The van der Waals surface area contributed by atoms with Crippen molar-refractivity contribution in [1.29, 1.82) is 0 Å². The van der Waals surface area contributed by atoms with Gasteiger partial charge in [-0.25, -0.2) is 8.78 Å². The maximum absolute atomic E-state index is 12.5. The number of aryl methyl sites for hydroxylation is 2. The number of aromatic nitrogens is 1. The Hall–Kier alpha value is -2.83.